The van der Waals surface area contributed by atoms with E-state index in [0.29, 0.717) is 0 Å². The first-order valence-corrected chi connectivity index (χ1v) is 7.43. The van der Waals surface area contributed by atoms with Gasteiger partial charge >= 0.3 is 5.97 Å². The second kappa shape index (κ2) is 6.51. The first-order valence-electron chi connectivity index (χ1n) is 5.82. The van der Waals surface area contributed by atoms with Crippen molar-refractivity contribution < 1.29 is 22.3 Å². The van der Waals surface area contributed by atoms with E-state index in [-0.39, 0.29) is 18.0 Å². The summed E-state index contributed by atoms with van der Waals surface area (Å²) in [6, 6.07) is 5.07. The Balaban J connectivity index is 3.10. The molecule has 0 atom stereocenters. The van der Waals surface area contributed by atoms with Gasteiger partial charge in [-0.05, 0) is 32.0 Å². The van der Waals surface area contributed by atoms with Gasteiger partial charge in [-0.15, -0.1) is 0 Å². The molecule has 0 heterocycles. The van der Waals surface area contributed by atoms with Crippen LogP contribution in [-0.4, -0.2) is 33.3 Å². The number of rotatable bonds is 6. The highest BCUT2D eigenvalue weighted by Crippen LogP contribution is 2.19. The summed E-state index contributed by atoms with van der Waals surface area (Å²) in [5.74, 6) is -1.44. The fourth-order valence-electron chi connectivity index (χ4n) is 1.46. The average Bonchev–Trinajstić information content (AvgIpc) is 2.36. The molecule has 0 aliphatic rings. The number of carbonyl (C=O) groups is 1. The number of nitrogens with zero attached hydrogens (tertiary/aromatic N) is 1. The highest BCUT2D eigenvalue weighted by molar-refractivity contribution is 7.92. The third-order valence-electron chi connectivity index (χ3n) is 2.37. The lowest BCUT2D eigenvalue weighted by molar-refractivity contribution is -0.141. The zero-order valence-electron chi connectivity index (χ0n) is 10.8. The molecule has 0 aliphatic carbocycles. The van der Waals surface area contributed by atoms with Crippen LogP contribution in [0.1, 0.15) is 13.8 Å². The molecule has 19 heavy (non-hydrogen) atoms. The van der Waals surface area contributed by atoms with Crippen molar-refractivity contribution in [2.45, 2.75) is 13.8 Å². The molecule has 106 valence electrons. The first-order chi connectivity index (χ1) is 8.90. The molecule has 7 heteroatoms. The molecule has 5 nitrogen and oxygen atoms in total. The molecule has 0 N–H and O–H groups in total. The van der Waals surface area contributed by atoms with Crippen molar-refractivity contribution in [1.82, 2.24) is 0 Å². The number of ether oxygens (including phenoxy) is 1. The highest BCUT2D eigenvalue weighted by Gasteiger charge is 2.24. The van der Waals surface area contributed by atoms with Crippen LogP contribution in [0, 0.1) is 5.82 Å². The van der Waals surface area contributed by atoms with Crippen LogP contribution in [-0.2, 0) is 19.6 Å². The van der Waals surface area contributed by atoms with Crippen LogP contribution in [0.4, 0.5) is 10.1 Å². The van der Waals surface area contributed by atoms with Crippen molar-refractivity contribution in [2.75, 3.05) is 23.2 Å². The summed E-state index contributed by atoms with van der Waals surface area (Å²) in [7, 11) is -3.68. The molecule has 0 aromatic heterocycles. The van der Waals surface area contributed by atoms with Crippen molar-refractivity contribution in [3.8, 4) is 0 Å². The molecule has 0 aliphatic heterocycles. The molecule has 0 fully saturated rings. The molecule has 1 aromatic rings. The van der Waals surface area contributed by atoms with Crippen LogP contribution < -0.4 is 4.31 Å². The second-order valence-electron chi connectivity index (χ2n) is 3.69. The largest absolute Gasteiger partial charge is 0.465 e. The summed E-state index contributed by atoms with van der Waals surface area (Å²) < 4.78 is 42.6. The van der Waals surface area contributed by atoms with E-state index in [1.807, 2.05) is 0 Å². The van der Waals surface area contributed by atoms with Gasteiger partial charge in [-0.3, -0.25) is 9.10 Å². The number of esters is 1. The van der Waals surface area contributed by atoms with Crippen molar-refractivity contribution in [3.05, 3.63) is 30.1 Å². The molecule has 1 rings (SSSR count). The predicted molar refractivity (Wildman–Crippen MR) is 69.8 cm³/mol. The van der Waals surface area contributed by atoms with Gasteiger partial charge in [-0.2, -0.15) is 0 Å². The fourth-order valence-corrected chi connectivity index (χ4v) is 2.51. The number of benzene rings is 1. The van der Waals surface area contributed by atoms with E-state index in [1.54, 1.807) is 6.92 Å². The normalized spacial score (nSPS) is 11.1. The summed E-state index contributed by atoms with van der Waals surface area (Å²) in [6.45, 7) is 2.76. The zero-order chi connectivity index (χ0) is 14.5. The van der Waals surface area contributed by atoms with Crippen molar-refractivity contribution in [1.29, 1.82) is 0 Å². The lowest BCUT2D eigenvalue weighted by Crippen LogP contribution is -2.37. The third kappa shape index (κ3) is 4.20. The monoisotopic (exact) mass is 289 g/mol. The van der Waals surface area contributed by atoms with Crippen molar-refractivity contribution in [3.63, 3.8) is 0 Å². The number of hydrogen-bond acceptors (Lipinski definition) is 4. The molecule has 0 spiro atoms. The summed E-state index contributed by atoms with van der Waals surface area (Å²) in [4.78, 5) is 11.5. The van der Waals surface area contributed by atoms with E-state index in [2.05, 4.69) is 0 Å². The first kappa shape index (κ1) is 15.4. The topological polar surface area (TPSA) is 63.7 Å². The molecule has 0 amide bonds. The maximum Gasteiger partial charge on any atom is 0.326 e. The number of sulfonamides is 1. The molecular weight excluding hydrogens is 273 g/mol. The zero-order valence-corrected chi connectivity index (χ0v) is 11.6. The number of carbonyl (C=O) groups excluding carboxylic acids is 1. The van der Waals surface area contributed by atoms with Crippen LogP contribution in [0.3, 0.4) is 0 Å². The Morgan fingerprint density at radius 1 is 1.37 bits per heavy atom. The Bertz CT molecular complexity index is 544. The Labute approximate surface area is 112 Å². The van der Waals surface area contributed by atoms with E-state index in [4.69, 9.17) is 4.74 Å². The van der Waals surface area contributed by atoms with E-state index in [9.17, 15) is 17.6 Å². The van der Waals surface area contributed by atoms with Gasteiger partial charge in [-0.25, -0.2) is 12.8 Å². The minimum Gasteiger partial charge on any atom is -0.465 e. The van der Waals surface area contributed by atoms with Gasteiger partial charge in [0, 0.05) is 0 Å². The van der Waals surface area contributed by atoms with Crippen LogP contribution in [0.25, 0.3) is 0 Å². The standard InChI is InChI=1S/C12H16FNO4S/c1-3-18-12(15)9-14(19(16,17)4-2)11-7-5-6-10(13)8-11/h5-8H,3-4,9H2,1-2H3. The number of anilines is 1. The Kier molecular flexibility index (Phi) is 5.29. The SMILES string of the molecule is CCOC(=O)CN(c1cccc(F)c1)S(=O)(=O)CC. The lowest BCUT2D eigenvalue weighted by Gasteiger charge is -2.22. The Morgan fingerprint density at radius 3 is 2.58 bits per heavy atom. The van der Waals surface area contributed by atoms with Crippen LogP contribution in [0.2, 0.25) is 0 Å². The Morgan fingerprint density at radius 2 is 2.05 bits per heavy atom. The Hall–Kier alpha value is -1.63. The summed E-state index contributed by atoms with van der Waals surface area (Å²) in [5, 5.41) is 0. The maximum atomic E-state index is 13.2. The predicted octanol–water partition coefficient (Wildman–Crippen LogP) is 1.54. The van der Waals surface area contributed by atoms with Crippen molar-refractivity contribution >= 4 is 21.7 Å². The third-order valence-corrected chi connectivity index (χ3v) is 4.12. The van der Waals surface area contributed by atoms with Gasteiger partial charge in [0.2, 0.25) is 10.0 Å². The molecule has 0 bridgehead atoms. The summed E-state index contributed by atoms with van der Waals surface area (Å²) in [6.07, 6.45) is 0. The van der Waals surface area contributed by atoms with E-state index in [0.717, 1.165) is 10.4 Å². The summed E-state index contributed by atoms with van der Waals surface area (Å²) in [5.41, 5.74) is 0.106. The molecule has 0 saturated heterocycles. The van der Waals surface area contributed by atoms with Crippen LogP contribution >= 0.6 is 0 Å². The molecule has 1 aromatic carbocycles. The van der Waals surface area contributed by atoms with E-state index < -0.39 is 28.4 Å². The fraction of sp³-hybridized carbons (Fsp3) is 0.417. The second-order valence-corrected chi connectivity index (χ2v) is 5.87. The minimum atomic E-state index is -3.68. The minimum absolute atomic E-state index is 0.106. The van der Waals surface area contributed by atoms with E-state index >= 15 is 0 Å². The number of halogens is 1. The van der Waals surface area contributed by atoms with Gasteiger partial charge in [0.1, 0.15) is 12.4 Å². The van der Waals surface area contributed by atoms with Crippen molar-refractivity contribution in [2.24, 2.45) is 0 Å². The highest BCUT2D eigenvalue weighted by atomic mass is 32.2. The molecule has 0 radical (unpaired) electrons. The maximum absolute atomic E-state index is 13.2. The molecular formula is C12H16FNO4S. The van der Waals surface area contributed by atoms with Crippen LogP contribution in [0.15, 0.2) is 24.3 Å². The van der Waals surface area contributed by atoms with Gasteiger partial charge in [-0.1, -0.05) is 6.07 Å². The van der Waals surface area contributed by atoms with Gasteiger partial charge in [0.05, 0.1) is 18.0 Å². The number of hydrogen-bond donors (Lipinski definition) is 0. The quantitative estimate of drug-likeness (QED) is 0.745. The molecule has 0 saturated carbocycles. The smallest absolute Gasteiger partial charge is 0.326 e. The van der Waals surface area contributed by atoms with Gasteiger partial charge in [0.15, 0.2) is 0 Å². The molecule has 0 unspecified atom stereocenters. The van der Waals surface area contributed by atoms with Crippen LogP contribution in [0.5, 0.6) is 0 Å². The van der Waals surface area contributed by atoms with Gasteiger partial charge < -0.3 is 4.74 Å². The summed E-state index contributed by atoms with van der Waals surface area (Å²) >= 11 is 0. The lowest BCUT2D eigenvalue weighted by atomic mass is 10.3. The average molecular weight is 289 g/mol. The van der Waals surface area contributed by atoms with Gasteiger partial charge in [0.25, 0.3) is 0 Å². The van der Waals surface area contributed by atoms with E-state index in [1.165, 1.54) is 25.1 Å².